The van der Waals surface area contributed by atoms with Gasteiger partial charge in [0.25, 0.3) is 0 Å². The molecule has 0 saturated carbocycles. The van der Waals surface area contributed by atoms with Crippen LogP contribution in [0.1, 0.15) is 4.88 Å². The lowest BCUT2D eigenvalue weighted by Gasteiger charge is -2.07. The zero-order valence-electron chi connectivity index (χ0n) is 8.66. The normalized spacial score (nSPS) is 10.1. The van der Waals surface area contributed by atoms with Crippen molar-refractivity contribution in [3.63, 3.8) is 0 Å². The number of halogens is 1. The van der Waals surface area contributed by atoms with Gasteiger partial charge in [-0.15, -0.1) is 11.3 Å². The molecular formula is C12H10ClNOS. The zero-order valence-corrected chi connectivity index (χ0v) is 10.2. The van der Waals surface area contributed by atoms with Gasteiger partial charge in [-0.05, 0) is 25.1 Å². The lowest BCUT2D eigenvalue weighted by atomic mass is 10.3. The monoisotopic (exact) mass is 251 g/mol. The first kappa shape index (κ1) is 11.2. The van der Waals surface area contributed by atoms with Crippen LogP contribution in [0.2, 0.25) is 5.02 Å². The van der Waals surface area contributed by atoms with Crippen molar-refractivity contribution in [1.29, 1.82) is 0 Å². The highest BCUT2D eigenvalue weighted by Crippen LogP contribution is 2.26. The van der Waals surface area contributed by atoms with E-state index in [4.69, 9.17) is 11.6 Å². The molecule has 0 aliphatic rings. The first-order valence-electron chi connectivity index (χ1n) is 4.78. The fourth-order valence-corrected chi connectivity index (χ4v) is 2.40. The predicted molar refractivity (Wildman–Crippen MR) is 70.1 cm³/mol. The molecule has 2 aromatic rings. The largest absolute Gasteiger partial charge is 0.346 e. The molecule has 2 nitrogen and oxygen atoms in total. The fourth-order valence-electron chi connectivity index (χ4n) is 1.36. The topological polar surface area (TPSA) is 29.1 Å². The number of rotatable bonds is 2. The van der Waals surface area contributed by atoms with E-state index in [0.29, 0.717) is 5.02 Å². The molecule has 0 unspecified atom stereocenters. The van der Waals surface area contributed by atoms with Gasteiger partial charge in [0.15, 0.2) is 5.43 Å². The van der Waals surface area contributed by atoms with Crippen LogP contribution in [0.4, 0.5) is 10.7 Å². The second kappa shape index (κ2) is 4.68. The maximum atomic E-state index is 11.3. The van der Waals surface area contributed by atoms with Crippen LogP contribution in [0.3, 0.4) is 0 Å². The van der Waals surface area contributed by atoms with Gasteiger partial charge in [0.2, 0.25) is 0 Å². The van der Waals surface area contributed by atoms with Crippen LogP contribution in [0.15, 0.2) is 41.2 Å². The Hall–Kier alpha value is -1.32. The van der Waals surface area contributed by atoms with E-state index in [1.54, 1.807) is 12.1 Å². The fraction of sp³-hybridized carbons (Fsp3) is 0.0833. The lowest BCUT2D eigenvalue weighted by Crippen LogP contribution is -1.99. The van der Waals surface area contributed by atoms with E-state index in [0.717, 1.165) is 15.6 Å². The van der Waals surface area contributed by atoms with Gasteiger partial charge in [0, 0.05) is 10.9 Å². The van der Waals surface area contributed by atoms with Gasteiger partial charge in [-0.25, -0.2) is 0 Å². The quantitative estimate of drug-likeness (QED) is 0.879. The Morgan fingerprint density at radius 2 is 2.00 bits per heavy atom. The highest BCUT2D eigenvalue weighted by molar-refractivity contribution is 7.15. The summed E-state index contributed by atoms with van der Waals surface area (Å²) in [7, 11) is 0. The molecule has 0 amide bonds. The highest BCUT2D eigenvalue weighted by Gasteiger charge is 2.01. The predicted octanol–water partition coefficient (Wildman–Crippen LogP) is 3.81. The number of anilines is 2. The van der Waals surface area contributed by atoms with Crippen LogP contribution >= 0.6 is 22.9 Å². The van der Waals surface area contributed by atoms with Crippen molar-refractivity contribution in [2.45, 2.75) is 6.92 Å². The molecule has 16 heavy (non-hydrogen) atoms. The standard InChI is InChI=1S/C12H10ClNOS/c1-8-6-9(15)7-12(16-8)14-11-5-3-2-4-10(11)13/h2-7,14H,1H3. The summed E-state index contributed by atoms with van der Waals surface area (Å²) in [6, 6.07) is 10.6. The zero-order chi connectivity index (χ0) is 11.5. The molecular weight excluding hydrogens is 242 g/mol. The summed E-state index contributed by atoms with van der Waals surface area (Å²) < 4.78 is 0. The Bertz CT molecular complexity index is 565. The number of aryl methyl sites for hydroxylation is 1. The summed E-state index contributed by atoms with van der Waals surface area (Å²) >= 11 is 7.54. The van der Waals surface area contributed by atoms with Crippen molar-refractivity contribution in [2.24, 2.45) is 0 Å². The van der Waals surface area contributed by atoms with Gasteiger partial charge in [0.05, 0.1) is 15.7 Å². The number of nitrogens with one attached hydrogen (secondary N) is 1. The average molecular weight is 252 g/mol. The molecule has 1 aromatic heterocycles. The third-order valence-corrected chi connectivity index (χ3v) is 3.23. The molecule has 82 valence electrons. The summed E-state index contributed by atoms with van der Waals surface area (Å²) in [5.41, 5.74) is 0.816. The van der Waals surface area contributed by atoms with Crippen molar-refractivity contribution in [3.8, 4) is 0 Å². The maximum Gasteiger partial charge on any atom is 0.182 e. The second-order valence-corrected chi connectivity index (χ2v) is 5.07. The molecule has 0 bridgehead atoms. The minimum Gasteiger partial charge on any atom is -0.346 e. The third kappa shape index (κ3) is 2.62. The van der Waals surface area contributed by atoms with Crippen molar-refractivity contribution in [3.05, 3.63) is 56.5 Å². The van der Waals surface area contributed by atoms with Crippen LogP contribution in [0, 0.1) is 6.92 Å². The smallest absolute Gasteiger partial charge is 0.182 e. The highest BCUT2D eigenvalue weighted by atomic mass is 35.5. The van der Waals surface area contributed by atoms with Gasteiger partial charge in [-0.1, -0.05) is 23.7 Å². The maximum absolute atomic E-state index is 11.3. The third-order valence-electron chi connectivity index (χ3n) is 2.02. The second-order valence-electron chi connectivity index (χ2n) is 3.37. The minimum absolute atomic E-state index is 0.00537. The molecule has 4 heteroatoms. The molecule has 0 aliphatic heterocycles. The molecule has 1 heterocycles. The lowest BCUT2D eigenvalue weighted by molar-refractivity contribution is 1.52. The molecule has 0 spiro atoms. The Kier molecular flexibility index (Phi) is 3.27. The molecule has 0 saturated heterocycles. The summed E-state index contributed by atoms with van der Waals surface area (Å²) in [6.45, 7) is 1.91. The molecule has 2 rings (SSSR count). The average Bonchev–Trinajstić information content (AvgIpc) is 2.20. The minimum atomic E-state index is 0.00537. The Morgan fingerprint density at radius 1 is 1.25 bits per heavy atom. The van der Waals surface area contributed by atoms with Gasteiger partial charge in [-0.2, -0.15) is 0 Å². The van der Waals surface area contributed by atoms with Gasteiger partial charge in [-0.3, -0.25) is 4.79 Å². The summed E-state index contributed by atoms with van der Waals surface area (Å²) in [5.74, 6) is 0. The Balaban J connectivity index is 2.34. The Labute approximate surface area is 103 Å². The van der Waals surface area contributed by atoms with Crippen LogP contribution in [-0.4, -0.2) is 0 Å². The van der Waals surface area contributed by atoms with Crippen molar-refractivity contribution >= 4 is 33.6 Å². The van der Waals surface area contributed by atoms with E-state index < -0.39 is 0 Å². The van der Waals surface area contributed by atoms with Crippen LogP contribution in [0.25, 0.3) is 0 Å². The molecule has 0 radical (unpaired) electrons. The van der Waals surface area contributed by atoms with E-state index in [-0.39, 0.29) is 5.43 Å². The number of hydrogen-bond donors (Lipinski definition) is 1. The van der Waals surface area contributed by atoms with E-state index >= 15 is 0 Å². The van der Waals surface area contributed by atoms with Gasteiger partial charge < -0.3 is 5.32 Å². The number of para-hydroxylation sites is 1. The van der Waals surface area contributed by atoms with Gasteiger partial charge >= 0.3 is 0 Å². The van der Waals surface area contributed by atoms with Crippen molar-refractivity contribution < 1.29 is 0 Å². The molecule has 0 atom stereocenters. The van der Waals surface area contributed by atoms with E-state index in [2.05, 4.69) is 5.32 Å². The van der Waals surface area contributed by atoms with Crippen LogP contribution in [-0.2, 0) is 0 Å². The molecule has 0 fully saturated rings. The summed E-state index contributed by atoms with van der Waals surface area (Å²) in [6.07, 6.45) is 0. The first-order valence-corrected chi connectivity index (χ1v) is 5.98. The van der Waals surface area contributed by atoms with Crippen LogP contribution in [0.5, 0.6) is 0 Å². The summed E-state index contributed by atoms with van der Waals surface area (Å²) in [5, 5.41) is 4.59. The molecule has 0 aliphatic carbocycles. The summed E-state index contributed by atoms with van der Waals surface area (Å²) in [4.78, 5) is 12.3. The van der Waals surface area contributed by atoms with Gasteiger partial charge in [0.1, 0.15) is 0 Å². The van der Waals surface area contributed by atoms with E-state index in [9.17, 15) is 4.79 Å². The molecule has 1 N–H and O–H groups in total. The first-order chi connectivity index (χ1) is 7.65. The van der Waals surface area contributed by atoms with E-state index in [1.165, 1.54) is 11.3 Å². The number of benzene rings is 1. The Morgan fingerprint density at radius 3 is 2.69 bits per heavy atom. The van der Waals surface area contributed by atoms with Crippen molar-refractivity contribution in [2.75, 3.05) is 5.32 Å². The van der Waals surface area contributed by atoms with Crippen molar-refractivity contribution in [1.82, 2.24) is 0 Å². The molecule has 1 aromatic carbocycles. The van der Waals surface area contributed by atoms with E-state index in [1.807, 2.05) is 31.2 Å². The van der Waals surface area contributed by atoms with Crippen LogP contribution < -0.4 is 10.7 Å². The number of hydrogen-bond acceptors (Lipinski definition) is 3. The SMILES string of the molecule is Cc1cc(=O)cc(Nc2ccccc2Cl)s1.